The number of imide groups is 1. The van der Waals surface area contributed by atoms with E-state index in [9.17, 15) is 24.5 Å². The zero-order valence-electron chi connectivity index (χ0n) is 17.5. The summed E-state index contributed by atoms with van der Waals surface area (Å²) >= 11 is 0. The van der Waals surface area contributed by atoms with Crippen LogP contribution in [-0.4, -0.2) is 41.3 Å². The van der Waals surface area contributed by atoms with Crippen molar-refractivity contribution in [3.63, 3.8) is 0 Å². The number of carbonyl (C=O) groups excluding carboxylic acids is 3. The molecular formula is C21H22N4O6. The fourth-order valence-electron chi connectivity index (χ4n) is 3.42. The average Bonchev–Trinajstić information content (AvgIpc) is 2.93. The first-order valence-corrected chi connectivity index (χ1v) is 9.41. The smallest absolute Gasteiger partial charge is 0.325 e. The number of amides is 4. The van der Waals surface area contributed by atoms with E-state index in [1.54, 1.807) is 32.0 Å². The van der Waals surface area contributed by atoms with Crippen LogP contribution in [0.25, 0.3) is 0 Å². The lowest BCUT2D eigenvalue weighted by Gasteiger charge is -2.23. The number of anilines is 1. The molecule has 1 unspecified atom stereocenters. The molecule has 0 aromatic heterocycles. The highest BCUT2D eigenvalue weighted by Crippen LogP contribution is 2.32. The summed E-state index contributed by atoms with van der Waals surface area (Å²) in [4.78, 5) is 49.2. The third kappa shape index (κ3) is 4.04. The normalized spacial score (nSPS) is 18.0. The lowest BCUT2D eigenvalue weighted by molar-refractivity contribution is -0.384. The van der Waals surface area contributed by atoms with Crippen molar-refractivity contribution in [1.29, 1.82) is 0 Å². The molecule has 1 aliphatic rings. The van der Waals surface area contributed by atoms with E-state index in [2.05, 4.69) is 10.6 Å². The van der Waals surface area contributed by atoms with Gasteiger partial charge in [0.05, 0.1) is 17.7 Å². The SMILES string of the molecule is COc1ccc(C2(C)NC(=O)N(CC(=O)Nc3cc([N+](=O)[O-])ccc3C)C2=O)cc1C. The Morgan fingerprint density at radius 2 is 1.90 bits per heavy atom. The summed E-state index contributed by atoms with van der Waals surface area (Å²) in [5, 5.41) is 16.1. The predicted octanol–water partition coefficient (Wildman–Crippen LogP) is 2.63. The topological polar surface area (TPSA) is 131 Å². The maximum atomic E-state index is 13.0. The van der Waals surface area contributed by atoms with Gasteiger partial charge in [0.25, 0.3) is 11.6 Å². The molecule has 2 aromatic rings. The summed E-state index contributed by atoms with van der Waals surface area (Å²) in [5.74, 6) is -0.581. The number of urea groups is 1. The predicted molar refractivity (Wildman–Crippen MR) is 112 cm³/mol. The van der Waals surface area contributed by atoms with Crippen LogP contribution in [0.4, 0.5) is 16.2 Å². The van der Waals surface area contributed by atoms with Gasteiger partial charge in [0, 0.05) is 12.1 Å². The van der Waals surface area contributed by atoms with Crippen LogP contribution in [0, 0.1) is 24.0 Å². The molecule has 2 aromatic carbocycles. The van der Waals surface area contributed by atoms with E-state index in [-0.39, 0.29) is 11.4 Å². The lowest BCUT2D eigenvalue weighted by atomic mass is 9.90. The van der Waals surface area contributed by atoms with Crippen LogP contribution in [0.15, 0.2) is 36.4 Å². The first-order valence-electron chi connectivity index (χ1n) is 9.41. The summed E-state index contributed by atoms with van der Waals surface area (Å²) < 4.78 is 5.23. The number of aryl methyl sites for hydroxylation is 2. The molecule has 162 valence electrons. The van der Waals surface area contributed by atoms with Crippen molar-refractivity contribution in [2.24, 2.45) is 0 Å². The maximum absolute atomic E-state index is 13.0. The summed E-state index contributed by atoms with van der Waals surface area (Å²) in [7, 11) is 1.54. The van der Waals surface area contributed by atoms with E-state index < -0.39 is 34.9 Å². The first kappa shape index (κ1) is 21.8. The van der Waals surface area contributed by atoms with Gasteiger partial charge >= 0.3 is 6.03 Å². The Hall–Kier alpha value is -3.95. The van der Waals surface area contributed by atoms with E-state index in [4.69, 9.17) is 4.74 Å². The summed E-state index contributed by atoms with van der Waals surface area (Å²) in [6.45, 7) is 4.53. The van der Waals surface area contributed by atoms with Crippen LogP contribution >= 0.6 is 0 Å². The number of nitrogens with zero attached hydrogens (tertiary/aromatic N) is 2. The van der Waals surface area contributed by atoms with Gasteiger partial charge < -0.3 is 15.4 Å². The fraction of sp³-hybridized carbons (Fsp3) is 0.286. The van der Waals surface area contributed by atoms with Gasteiger partial charge in [-0.2, -0.15) is 0 Å². The van der Waals surface area contributed by atoms with Gasteiger partial charge in [0.2, 0.25) is 5.91 Å². The maximum Gasteiger partial charge on any atom is 0.325 e. The zero-order chi connectivity index (χ0) is 22.9. The lowest BCUT2D eigenvalue weighted by Crippen LogP contribution is -2.42. The number of methoxy groups -OCH3 is 1. The molecule has 0 saturated carbocycles. The molecule has 0 radical (unpaired) electrons. The third-order valence-electron chi connectivity index (χ3n) is 5.25. The third-order valence-corrected chi connectivity index (χ3v) is 5.25. The minimum absolute atomic E-state index is 0.182. The van der Waals surface area contributed by atoms with Crippen LogP contribution in [0.1, 0.15) is 23.6 Å². The minimum atomic E-state index is -1.34. The van der Waals surface area contributed by atoms with Crippen molar-refractivity contribution in [3.8, 4) is 5.75 Å². The molecule has 31 heavy (non-hydrogen) atoms. The Kier molecular flexibility index (Phi) is 5.65. The highest BCUT2D eigenvalue weighted by molar-refractivity contribution is 6.10. The molecule has 1 fully saturated rings. The summed E-state index contributed by atoms with van der Waals surface area (Å²) in [5.41, 5.74) is 0.672. The van der Waals surface area contributed by atoms with Crippen molar-refractivity contribution >= 4 is 29.2 Å². The van der Waals surface area contributed by atoms with E-state index in [1.165, 1.54) is 25.3 Å². The number of nitrogens with one attached hydrogen (secondary N) is 2. The molecule has 1 saturated heterocycles. The number of rotatable bonds is 6. The second-order valence-corrected chi connectivity index (χ2v) is 7.44. The van der Waals surface area contributed by atoms with Crippen molar-refractivity contribution in [2.75, 3.05) is 19.0 Å². The molecule has 3 rings (SSSR count). The molecule has 0 spiro atoms. The number of ether oxygens (including phenoxy) is 1. The Bertz CT molecular complexity index is 1100. The molecule has 10 heteroatoms. The van der Waals surface area contributed by atoms with Crippen LogP contribution < -0.4 is 15.4 Å². The Labute approximate surface area is 178 Å². The summed E-state index contributed by atoms with van der Waals surface area (Å²) in [6, 6.07) is 8.48. The molecule has 0 bridgehead atoms. The molecule has 1 heterocycles. The van der Waals surface area contributed by atoms with Crippen LogP contribution in [0.3, 0.4) is 0 Å². The zero-order valence-corrected chi connectivity index (χ0v) is 17.5. The van der Waals surface area contributed by atoms with Crippen LogP contribution in [-0.2, 0) is 15.1 Å². The standard InChI is InChI=1S/C21H22N4O6/c1-12-5-7-15(25(29)30)10-16(12)22-18(26)11-24-19(27)21(3,23-20(24)28)14-6-8-17(31-4)13(2)9-14/h5-10H,11H2,1-4H3,(H,22,26)(H,23,28). The van der Waals surface area contributed by atoms with E-state index in [0.29, 0.717) is 16.9 Å². The molecule has 0 aliphatic carbocycles. The number of benzene rings is 2. The van der Waals surface area contributed by atoms with E-state index >= 15 is 0 Å². The van der Waals surface area contributed by atoms with Gasteiger partial charge in [-0.05, 0) is 49.6 Å². The average molecular weight is 426 g/mol. The largest absolute Gasteiger partial charge is 0.496 e. The van der Waals surface area contributed by atoms with Gasteiger partial charge in [-0.3, -0.25) is 24.6 Å². The van der Waals surface area contributed by atoms with Crippen LogP contribution in [0.5, 0.6) is 5.75 Å². The van der Waals surface area contributed by atoms with Crippen LogP contribution in [0.2, 0.25) is 0 Å². The molecule has 1 atom stereocenters. The van der Waals surface area contributed by atoms with E-state index in [1.807, 2.05) is 6.92 Å². The second kappa shape index (κ2) is 8.05. The highest BCUT2D eigenvalue weighted by atomic mass is 16.6. The van der Waals surface area contributed by atoms with Gasteiger partial charge in [-0.15, -0.1) is 0 Å². The van der Waals surface area contributed by atoms with E-state index in [0.717, 1.165) is 10.5 Å². The van der Waals surface area contributed by atoms with Crippen molar-refractivity contribution < 1.29 is 24.0 Å². The highest BCUT2D eigenvalue weighted by Gasteiger charge is 2.49. The molecule has 1 aliphatic heterocycles. The van der Waals surface area contributed by atoms with Crippen molar-refractivity contribution in [3.05, 3.63) is 63.2 Å². The number of carbonyl (C=O) groups is 3. The van der Waals surface area contributed by atoms with Gasteiger partial charge in [0.1, 0.15) is 17.8 Å². The number of hydrogen-bond acceptors (Lipinski definition) is 6. The van der Waals surface area contributed by atoms with Gasteiger partial charge in [-0.1, -0.05) is 12.1 Å². The monoisotopic (exact) mass is 426 g/mol. The number of nitro benzene ring substituents is 1. The quantitative estimate of drug-likeness (QED) is 0.415. The minimum Gasteiger partial charge on any atom is -0.496 e. The number of non-ortho nitro benzene ring substituents is 1. The van der Waals surface area contributed by atoms with Gasteiger partial charge in [-0.25, -0.2) is 4.79 Å². The second-order valence-electron chi connectivity index (χ2n) is 7.44. The van der Waals surface area contributed by atoms with Crippen molar-refractivity contribution in [1.82, 2.24) is 10.2 Å². The van der Waals surface area contributed by atoms with Crippen molar-refractivity contribution in [2.45, 2.75) is 26.3 Å². The Morgan fingerprint density at radius 3 is 2.52 bits per heavy atom. The molecule has 2 N–H and O–H groups in total. The first-order chi connectivity index (χ1) is 14.6. The fourth-order valence-corrected chi connectivity index (χ4v) is 3.42. The molecule has 4 amide bonds. The number of nitro groups is 1. The van der Waals surface area contributed by atoms with Gasteiger partial charge in [0.15, 0.2) is 0 Å². The molecule has 10 nitrogen and oxygen atoms in total. The number of hydrogen-bond donors (Lipinski definition) is 2. The Morgan fingerprint density at radius 1 is 1.19 bits per heavy atom. The summed E-state index contributed by atoms with van der Waals surface area (Å²) in [6.07, 6.45) is 0. The Balaban J connectivity index is 1.79. The molecular weight excluding hydrogens is 404 g/mol.